The van der Waals surface area contributed by atoms with Gasteiger partial charge in [-0.05, 0) is 58.1 Å². The molecule has 0 aliphatic carbocycles. The zero-order chi connectivity index (χ0) is 19.9. The number of nitrogens with one attached hydrogen (secondary N) is 2. The summed E-state index contributed by atoms with van der Waals surface area (Å²) in [6.07, 6.45) is 8.40. The van der Waals surface area contributed by atoms with Crippen LogP contribution in [0.3, 0.4) is 0 Å². The zero-order valence-corrected chi connectivity index (χ0v) is 17.3. The van der Waals surface area contributed by atoms with E-state index in [1.54, 1.807) is 24.4 Å². The van der Waals surface area contributed by atoms with E-state index in [1.165, 1.54) is 11.8 Å². The Morgan fingerprint density at radius 3 is 2.61 bits per heavy atom. The number of halogens is 2. The van der Waals surface area contributed by atoms with Gasteiger partial charge in [-0.2, -0.15) is 0 Å². The molecule has 0 aliphatic heterocycles. The van der Waals surface area contributed by atoms with E-state index < -0.39 is 0 Å². The van der Waals surface area contributed by atoms with Crippen LogP contribution in [0.15, 0.2) is 76.1 Å². The van der Waals surface area contributed by atoms with Crippen LogP contribution < -0.4 is 10.3 Å². The minimum Gasteiger partial charge on any atom is -0.456 e. The van der Waals surface area contributed by atoms with Gasteiger partial charge in [0.1, 0.15) is 10.2 Å². The molecule has 2 N–H and O–H groups in total. The van der Waals surface area contributed by atoms with Crippen molar-refractivity contribution in [2.45, 2.75) is 12.8 Å². The van der Waals surface area contributed by atoms with Gasteiger partial charge >= 0.3 is 0 Å². The van der Waals surface area contributed by atoms with Crippen molar-refractivity contribution in [2.75, 3.05) is 0 Å². The van der Waals surface area contributed by atoms with Gasteiger partial charge in [-0.15, -0.1) is 0 Å². The lowest BCUT2D eigenvalue weighted by atomic mass is 10.1. The number of benzene rings is 2. The molecule has 0 aliphatic rings. The van der Waals surface area contributed by atoms with Crippen molar-refractivity contribution in [3.05, 3.63) is 103 Å². The maximum Gasteiger partial charge on any atom is 0.266 e. The summed E-state index contributed by atoms with van der Waals surface area (Å²) in [5, 5.41) is 7.87. The Bertz CT molecular complexity index is 1060. The third-order valence-corrected chi connectivity index (χ3v) is 4.99. The zero-order valence-electron chi connectivity index (χ0n) is 14.9. The maximum absolute atomic E-state index is 12.0. The number of aromatic nitrogens is 1. The van der Waals surface area contributed by atoms with Crippen LogP contribution in [0.4, 0.5) is 0 Å². The largest absolute Gasteiger partial charge is 0.456 e. The van der Waals surface area contributed by atoms with E-state index in [4.69, 9.17) is 21.7 Å². The Kier molecular flexibility index (Phi) is 6.85. The summed E-state index contributed by atoms with van der Waals surface area (Å²) >= 11 is 9.41. The van der Waals surface area contributed by atoms with Gasteiger partial charge in [0.25, 0.3) is 5.56 Å². The maximum atomic E-state index is 12.0. The average molecular weight is 458 g/mol. The van der Waals surface area contributed by atoms with E-state index in [2.05, 4.69) is 39.1 Å². The standard InChI is InChI=1S/C22H18BrClN2O2/c23-20-21(28-19-11-16(13-25)10-18(24)12-19)17(14-26-22(20)27)9-5-4-8-15-6-2-1-3-7-15/h1-7,10-14,25H,8-9H2,(H,26,27). The predicted octanol–water partition coefficient (Wildman–Crippen LogP) is 5.92. The van der Waals surface area contributed by atoms with Gasteiger partial charge < -0.3 is 15.1 Å². The van der Waals surface area contributed by atoms with Crippen molar-refractivity contribution in [3.8, 4) is 11.5 Å². The van der Waals surface area contributed by atoms with Crippen molar-refractivity contribution >= 4 is 33.7 Å². The fourth-order valence-electron chi connectivity index (χ4n) is 2.68. The van der Waals surface area contributed by atoms with Crippen LogP contribution in [-0.4, -0.2) is 11.2 Å². The van der Waals surface area contributed by atoms with Crippen molar-refractivity contribution < 1.29 is 4.74 Å². The van der Waals surface area contributed by atoms with Crippen molar-refractivity contribution in [3.63, 3.8) is 0 Å². The highest BCUT2D eigenvalue weighted by atomic mass is 79.9. The number of rotatable bonds is 7. The Hall–Kier alpha value is -2.63. The first-order valence-electron chi connectivity index (χ1n) is 8.64. The average Bonchev–Trinajstić information content (AvgIpc) is 2.70. The van der Waals surface area contributed by atoms with Crippen molar-refractivity contribution in [2.24, 2.45) is 0 Å². The van der Waals surface area contributed by atoms with Gasteiger partial charge in [0.05, 0.1) is 0 Å². The lowest BCUT2D eigenvalue weighted by Gasteiger charge is -2.12. The second-order valence-electron chi connectivity index (χ2n) is 6.12. The molecular formula is C22H18BrClN2O2. The summed E-state index contributed by atoms with van der Waals surface area (Å²) in [7, 11) is 0. The highest BCUT2D eigenvalue weighted by Gasteiger charge is 2.13. The molecule has 3 aromatic rings. The number of allylic oxidation sites excluding steroid dienone is 2. The van der Waals surface area contributed by atoms with E-state index >= 15 is 0 Å². The third-order valence-electron chi connectivity index (χ3n) is 4.05. The van der Waals surface area contributed by atoms with Gasteiger partial charge in [-0.25, -0.2) is 0 Å². The number of hydrogen-bond donors (Lipinski definition) is 2. The van der Waals surface area contributed by atoms with Crippen LogP contribution in [-0.2, 0) is 12.8 Å². The van der Waals surface area contributed by atoms with Gasteiger partial charge in [-0.1, -0.05) is 54.1 Å². The van der Waals surface area contributed by atoms with E-state index in [-0.39, 0.29) is 5.56 Å². The monoisotopic (exact) mass is 456 g/mol. The molecule has 0 fully saturated rings. The van der Waals surface area contributed by atoms with E-state index in [0.29, 0.717) is 33.0 Å². The third kappa shape index (κ3) is 5.21. The minimum atomic E-state index is -0.277. The first kappa shape index (κ1) is 20.1. The number of H-pyrrole nitrogens is 1. The number of ether oxygens (including phenoxy) is 1. The molecule has 4 nitrogen and oxygen atoms in total. The molecule has 28 heavy (non-hydrogen) atoms. The lowest BCUT2D eigenvalue weighted by molar-refractivity contribution is 0.472. The molecular weight excluding hydrogens is 440 g/mol. The quantitative estimate of drug-likeness (QED) is 0.341. The first-order valence-corrected chi connectivity index (χ1v) is 9.82. The smallest absolute Gasteiger partial charge is 0.266 e. The minimum absolute atomic E-state index is 0.277. The van der Waals surface area contributed by atoms with Gasteiger partial charge in [-0.3, -0.25) is 4.79 Å². The van der Waals surface area contributed by atoms with E-state index in [0.717, 1.165) is 12.0 Å². The Morgan fingerprint density at radius 1 is 1.11 bits per heavy atom. The summed E-state index contributed by atoms with van der Waals surface area (Å²) < 4.78 is 6.29. The van der Waals surface area contributed by atoms with Crippen LogP contribution >= 0.6 is 27.5 Å². The van der Waals surface area contributed by atoms with Crippen LogP contribution in [0.5, 0.6) is 11.5 Å². The predicted molar refractivity (Wildman–Crippen MR) is 117 cm³/mol. The molecule has 0 amide bonds. The summed E-state index contributed by atoms with van der Waals surface area (Å²) in [4.78, 5) is 14.7. The summed E-state index contributed by atoms with van der Waals surface area (Å²) in [5.41, 5.74) is 2.40. The summed E-state index contributed by atoms with van der Waals surface area (Å²) in [6, 6.07) is 15.2. The Labute approximate surface area is 176 Å². The molecule has 0 saturated carbocycles. The van der Waals surface area contributed by atoms with Crippen LogP contribution in [0, 0.1) is 5.41 Å². The fraction of sp³-hybridized carbons (Fsp3) is 0.0909. The highest BCUT2D eigenvalue weighted by molar-refractivity contribution is 9.10. The van der Waals surface area contributed by atoms with Crippen molar-refractivity contribution in [1.29, 1.82) is 5.41 Å². The van der Waals surface area contributed by atoms with Gasteiger partial charge in [0.15, 0.2) is 5.75 Å². The Morgan fingerprint density at radius 2 is 1.86 bits per heavy atom. The molecule has 0 atom stereocenters. The molecule has 142 valence electrons. The molecule has 0 unspecified atom stereocenters. The van der Waals surface area contributed by atoms with Crippen molar-refractivity contribution in [1.82, 2.24) is 4.98 Å². The SMILES string of the molecule is N=Cc1cc(Cl)cc(Oc2c(CC=CCc3ccccc3)c[nH]c(=O)c2Br)c1. The second kappa shape index (κ2) is 9.53. The second-order valence-corrected chi connectivity index (χ2v) is 7.35. The Balaban J connectivity index is 1.82. The molecule has 0 spiro atoms. The molecule has 1 heterocycles. The number of hydrogen-bond acceptors (Lipinski definition) is 3. The first-order chi connectivity index (χ1) is 13.6. The topological polar surface area (TPSA) is 65.9 Å². The van der Waals surface area contributed by atoms with Crippen LogP contribution in [0.25, 0.3) is 0 Å². The lowest BCUT2D eigenvalue weighted by Crippen LogP contribution is -2.09. The van der Waals surface area contributed by atoms with Gasteiger partial charge in [0, 0.05) is 23.0 Å². The summed E-state index contributed by atoms with van der Waals surface area (Å²) in [5.74, 6) is 0.901. The molecule has 1 aromatic heterocycles. The fourth-order valence-corrected chi connectivity index (χ4v) is 3.36. The molecule has 0 radical (unpaired) electrons. The van der Waals surface area contributed by atoms with Crippen LogP contribution in [0.1, 0.15) is 16.7 Å². The van der Waals surface area contributed by atoms with Gasteiger partial charge in [0.2, 0.25) is 0 Å². The number of pyridine rings is 1. The molecule has 0 saturated heterocycles. The van der Waals surface area contributed by atoms with E-state index in [1.807, 2.05) is 24.3 Å². The molecule has 6 heteroatoms. The highest BCUT2D eigenvalue weighted by Crippen LogP contribution is 2.32. The summed E-state index contributed by atoms with van der Waals surface area (Å²) in [6.45, 7) is 0. The van der Waals surface area contributed by atoms with E-state index in [9.17, 15) is 4.79 Å². The number of aromatic amines is 1. The van der Waals surface area contributed by atoms with Crippen LogP contribution in [0.2, 0.25) is 5.02 Å². The molecule has 0 bridgehead atoms. The molecule has 2 aromatic carbocycles. The normalized spacial score (nSPS) is 10.9. The molecule has 3 rings (SSSR count).